The van der Waals surface area contributed by atoms with Gasteiger partial charge in [-0.1, -0.05) is 35.3 Å². The van der Waals surface area contributed by atoms with E-state index in [4.69, 9.17) is 27.9 Å². The van der Waals surface area contributed by atoms with Crippen LogP contribution < -0.4 is 4.74 Å². The maximum Gasteiger partial charge on any atom is 0.416 e. The molecule has 0 aliphatic carbocycles. The number of halogens is 5. The normalized spacial score (nSPS) is 17.3. The van der Waals surface area contributed by atoms with Crippen molar-refractivity contribution in [3.8, 4) is 16.9 Å². The number of benzene rings is 2. The molecule has 0 aromatic heterocycles. The molecule has 2 aromatic rings. The van der Waals surface area contributed by atoms with Gasteiger partial charge in [0.2, 0.25) is 0 Å². The number of ether oxygens (including phenoxy) is 1. The standard InChI is InChI=1S/C16H10Cl2F3O/c1-8-5-9-6-10(16(19,20)21)7-12(15(9)22-8)11-3-2-4-13(17)14(11)18/h2-4,6-8H,1,5H2. The van der Waals surface area contributed by atoms with Crippen LogP contribution in [-0.2, 0) is 12.6 Å². The Morgan fingerprint density at radius 2 is 1.86 bits per heavy atom. The number of hydrogen-bond donors (Lipinski definition) is 0. The first kappa shape index (κ1) is 15.5. The summed E-state index contributed by atoms with van der Waals surface area (Å²) < 4.78 is 44.9. The Labute approximate surface area is 135 Å². The number of fused-ring (bicyclic) bond motifs is 1. The summed E-state index contributed by atoms with van der Waals surface area (Å²) in [6.07, 6.45) is -4.55. The molecular formula is C16H10Cl2F3O. The summed E-state index contributed by atoms with van der Waals surface area (Å²) in [7, 11) is 0. The molecule has 0 fully saturated rings. The van der Waals surface area contributed by atoms with Gasteiger partial charge in [0.15, 0.2) is 0 Å². The van der Waals surface area contributed by atoms with Gasteiger partial charge in [0.25, 0.3) is 0 Å². The predicted octanol–water partition coefficient (Wildman–Crippen LogP) is 5.82. The van der Waals surface area contributed by atoms with Crippen molar-refractivity contribution >= 4 is 23.2 Å². The van der Waals surface area contributed by atoms with E-state index >= 15 is 0 Å². The number of alkyl halides is 3. The van der Waals surface area contributed by atoms with Gasteiger partial charge in [-0.3, -0.25) is 0 Å². The van der Waals surface area contributed by atoms with E-state index in [1.807, 2.05) is 0 Å². The van der Waals surface area contributed by atoms with Crippen LogP contribution in [0.5, 0.6) is 5.75 Å². The first-order valence-corrected chi connectivity index (χ1v) is 7.21. The molecule has 1 atom stereocenters. The molecule has 3 rings (SSSR count). The number of hydrogen-bond acceptors (Lipinski definition) is 1. The summed E-state index contributed by atoms with van der Waals surface area (Å²) in [6.45, 7) is 3.76. The lowest BCUT2D eigenvalue weighted by Gasteiger charge is -2.15. The van der Waals surface area contributed by atoms with Crippen LogP contribution in [0.3, 0.4) is 0 Å². The van der Waals surface area contributed by atoms with Gasteiger partial charge in [-0.2, -0.15) is 13.2 Å². The molecule has 0 spiro atoms. The van der Waals surface area contributed by atoms with Crippen molar-refractivity contribution in [2.75, 3.05) is 0 Å². The van der Waals surface area contributed by atoms with Gasteiger partial charge in [0.1, 0.15) is 11.9 Å². The van der Waals surface area contributed by atoms with Crippen molar-refractivity contribution in [1.29, 1.82) is 0 Å². The summed E-state index contributed by atoms with van der Waals surface area (Å²) in [5, 5.41) is 0.469. The second-order valence-corrected chi connectivity index (χ2v) is 5.84. The van der Waals surface area contributed by atoms with Gasteiger partial charge < -0.3 is 4.74 Å². The molecule has 6 heteroatoms. The second kappa shape index (κ2) is 5.36. The molecule has 1 unspecified atom stereocenters. The summed E-state index contributed by atoms with van der Waals surface area (Å²) in [5.41, 5.74) is 0.421. The fourth-order valence-corrected chi connectivity index (χ4v) is 2.91. The Morgan fingerprint density at radius 1 is 1.14 bits per heavy atom. The Balaban J connectivity index is 2.27. The van der Waals surface area contributed by atoms with E-state index in [0.717, 1.165) is 12.1 Å². The summed E-state index contributed by atoms with van der Waals surface area (Å²) >= 11 is 12.1. The Morgan fingerprint density at radius 3 is 2.55 bits per heavy atom. The monoisotopic (exact) mass is 345 g/mol. The van der Waals surface area contributed by atoms with Crippen LogP contribution in [0.15, 0.2) is 30.3 Å². The fourth-order valence-electron chi connectivity index (χ4n) is 2.51. The minimum Gasteiger partial charge on any atom is -0.489 e. The van der Waals surface area contributed by atoms with E-state index in [2.05, 4.69) is 6.92 Å². The van der Waals surface area contributed by atoms with Crippen LogP contribution >= 0.6 is 23.2 Å². The SMILES string of the molecule is [CH2]C1Cc2cc(C(F)(F)F)cc(-c3cccc(Cl)c3Cl)c2O1. The number of rotatable bonds is 1. The summed E-state index contributed by atoms with van der Waals surface area (Å²) in [6, 6.07) is 6.96. The maximum absolute atomic E-state index is 13.1. The van der Waals surface area contributed by atoms with Crippen LogP contribution in [0, 0.1) is 6.92 Å². The molecule has 1 radical (unpaired) electrons. The fraction of sp³-hybridized carbons (Fsp3) is 0.188. The van der Waals surface area contributed by atoms with E-state index < -0.39 is 17.8 Å². The Hall–Kier alpha value is -1.39. The average Bonchev–Trinajstić information content (AvgIpc) is 2.80. The minimum absolute atomic E-state index is 0.196. The van der Waals surface area contributed by atoms with Crippen molar-refractivity contribution in [2.24, 2.45) is 0 Å². The minimum atomic E-state index is -4.45. The second-order valence-electron chi connectivity index (χ2n) is 5.06. The summed E-state index contributed by atoms with van der Waals surface area (Å²) in [4.78, 5) is 0. The van der Waals surface area contributed by atoms with Gasteiger partial charge in [-0.15, -0.1) is 0 Å². The van der Waals surface area contributed by atoms with Gasteiger partial charge in [-0.25, -0.2) is 0 Å². The van der Waals surface area contributed by atoms with Crippen LogP contribution in [0.2, 0.25) is 10.0 Å². The molecule has 1 heterocycles. The van der Waals surface area contributed by atoms with E-state index in [-0.39, 0.29) is 15.6 Å². The van der Waals surface area contributed by atoms with Crippen molar-refractivity contribution in [3.05, 3.63) is 58.4 Å². The van der Waals surface area contributed by atoms with E-state index in [0.29, 0.717) is 23.3 Å². The first-order valence-electron chi connectivity index (χ1n) is 6.45. The largest absolute Gasteiger partial charge is 0.489 e. The molecule has 0 saturated heterocycles. The topological polar surface area (TPSA) is 9.23 Å². The molecule has 0 amide bonds. The van der Waals surface area contributed by atoms with Crippen LogP contribution in [0.1, 0.15) is 11.1 Å². The van der Waals surface area contributed by atoms with Crippen LogP contribution in [-0.4, -0.2) is 6.10 Å². The molecule has 1 aliphatic heterocycles. The molecule has 2 aromatic carbocycles. The third-order valence-corrected chi connectivity index (χ3v) is 4.29. The van der Waals surface area contributed by atoms with E-state index in [1.54, 1.807) is 18.2 Å². The first-order chi connectivity index (χ1) is 10.3. The Kier molecular flexibility index (Phi) is 3.77. The van der Waals surface area contributed by atoms with Crippen molar-refractivity contribution < 1.29 is 17.9 Å². The van der Waals surface area contributed by atoms with Crippen molar-refractivity contribution in [3.63, 3.8) is 0 Å². The zero-order chi connectivity index (χ0) is 16.1. The molecule has 0 bridgehead atoms. The van der Waals surface area contributed by atoms with Gasteiger partial charge >= 0.3 is 6.18 Å². The molecule has 0 saturated carbocycles. The summed E-state index contributed by atoms with van der Waals surface area (Å²) in [5.74, 6) is 0.386. The van der Waals surface area contributed by atoms with E-state index in [1.165, 1.54) is 0 Å². The van der Waals surface area contributed by atoms with Gasteiger partial charge in [-0.05, 0) is 30.7 Å². The predicted molar refractivity (Wildman–Crippen MR) is 80.4 cm³/mol. The zero-order valence-corrected chi connectivity index (χ0v) is 12.7. The van der Waals surface area contributed by atoms with Crippen LogP contribution in [0.4, 0.5) is 13.2 Å². The van der Waals surface area contributed by atoms with Crippen LogP contribution in [0.25, 0.3) is 11.1 Å². The van der Waals surface area contributed by atoms with Crippen molar-refractivity contribution in [1.82, 2.24) is 0 Å². The highest BCUT2D eigenvalue weighted by Gasteiger charge is 2.35. The third kappa shape index (κ3) is 2.66. The molecule has 115 valence electrons. The average molecular weight is 346 g/mol. The third-order valence-electron chi connectivity index (χ3n) is 3.47. The Bertz CT molecular complexity index is 741. The zero-order valence-electron chi connectivity index (χ0n) is 11.2. The van der Waals surface area contributed by atoms with E-state index in [9.17, 15) is 13.2 Å². The molecule has 1 nitrogen and oxygen atoms in total. The maximum atomic E-state index is 13.1. The van der Waals surface area contributed by atoms with Gasteiger partial charge in [0, 0.05) is 17.5 Å². The highest BCUT2D eigenvalue weighted by molar-refractivity contribution is 6.43. The smallest absolute Gasteiger partial charge is 0.416 e. The van der Waals surface area contributed by atoms with Gasteiger partial charge in [0.05, 0.1) is 15.6 Å². The molecule has 1 aliphatic rings. The molecule has 22 heavy (non-hydrogen) atoms. The highest BCUT2D eigenvalue weighted by atomic mass is 35.5. The lowest BCUT2D eigenvalue weighted by atomic mass is 9.97. The lowest BCUT2D eigenvalue weighted by Crippen LogP contribution is -2.06. The molecular weight excluding hydrogens is 336 g/mol. The van der Waals surface area contributed by atoms with Crippen molar-refractivity contribution in [2.45, 2.75) is 18.7 Å². The highest BCUT2D eigenvalue weighted by Crippen LogP contribution is 2.46. The quantitative estimate of drug-likeness (QED) is 0.633. The lowest BCUT2D eigenvalue weighted by molar-refractivity contribution is -0.137. The molecule has 0 N–H and O–H groups in total.